The molecule has 0 spiro atoms. The maximum atomic E-state index is 12.4. The van der Waals surface area contributed by atoms with Crippen LogP contribution in [0.3, 0.4) is 0 Å². The lowest BCUT2D eigenvalue weighted by molar-refractivity contribution is -0.161. The van der Waals surface area contributed by atoms with Crippen molar-refractivity contribution < 1.29 is 32.6 Å². The van der Waals surface area contributed by atoms with Gasteiger partial charge in [-0.25, -0.2) is 0 Å². The lowest BCUT2D eigenvalue weighted by atomic mass is 10.1. The van der Waals surface area contributed by atoms with E-state index in [1.54, 1.807) is 6.92 Å². The molecule has 0 unspecified atom stereocenters. The van der Waals surface area contributed by atoms with Crippen molar-refractivity contribution >= 4 is 11.9 Å². The van der Waals surface area contributed by atoms with Gasteiger partial charge in [-0.05, 0) is 26.2 Å². The van der Waals surface area contributed by atoms with E-state index in [0.717, 1.165) is 4.90 Å². The Morgan fingerprint density at radius 3 is 2.29 bits per heavy atom. The molecule has 0 heterocycles. The van der Waals surface area contributed by atoms with E-state index in [0.29, 0.717) is 19.6 Å². The van der Waals surface area contributed by atoms with Gasteiger partial charge >= 0.3 is 12.1 Å². The van der Waals surface area contributed by atoms with Crippen molar-refractivity contribution in [2.45, 2.75) is 45.2 Å². The Labute approximate surface area is 122 Å². The smallest absolute Gasteiger partial charge is 0.406 e. The number of hydrogen-bond acceptors (Lipinski definition) is 3. The Hall–Kier alpha value is -1.31. The molecule has 0 radical (unpaired) electrons. The number of carboxylic acids is 1. The van der Waals surface area contributed by atoms with Crippen LogP contribution in [0.25, 0.3) is 0 Å². The van der Waals surface area contributed by atoms with Crippen molar-refractivity contribution in [3.05, 3.63) is 0 Å². The predicted octanol–water partition coefficient (Wildman–Crippen LogP) is 2.45. The van der Waals surface area contributed by atoms with Crippen molar-refractivity contribution in [1.82, 2.24) is 4.90 Å². The number of amides is 1. The second kappa shape index (κ2) is 10.4. The summed E-state index contributed by atoms with van der Waals surface area (Å²) in [6.07, 6.45) is -3.72. The van der Waals surface area contributed by atoms with E-state index in [2.05, 4.69) is 0 Å². The molecule has 0 aliphatic heterocycles. The van der Waals surface area contributed by atoms with Gasteiger partial charge in [-0.3, -0.25) is 9.59 Å². The Morgan fingerprint density at radius 2 is 1.76 bits per heavy atom. The summed E-state index contributed by atoms with van der Waals surface area (Å²) in [5.41, 5.74) is 0. The van der Waals surface area contributed by atoms with Crippen LogP contribution in [0.1, 0.15) is 39.0 Å². The van der Waals surface area contributed by atoms with Crippen molar-refractivity contribution in [3.63, 3.8) is 0 Å². The number of alkyl halides is 3. The molecule has 0 rings (SSSR count). The van der Waals surface area contributed by atoms with Gasteiger partial charge in [0.15, 0.2) is 0 Å². The van der Waals surface area contributed by atoms with Gasteiger partial charge in [0.25, 0.3) is 0 Å². The minimum absolute atomic E-state index is 0.0166. The van der Waals surface area contributed by atoms with Gasteiger partial charge in [-0.1, -0.05) is 0 Å². The summed E-state index contributed by atoms with van der Waals surface area (Å²) in [5.74, 6) is -1.58. The van der Waals surface area contributed by atoms with Crippen LogP contribution in [0, 0.1) is 0 Å². The highest BCUT2D eigenvalue weighted by atomic mass is 19.4. The molecule has 0 aromatic heterocycles. The highest BCUT2D eigenvalue weighted by Gasteiger charge is 2.32. The molecule has 0 aliphatic rings. The van der Waals surface area contributed by atoms with Gasteiger partial charge in [0.1, 0.15) is 6.54 Å². The van der Waals surface area contributed by atoms with Gasteiger partial charge in [-0.15, -0.1) is 0 Å². The summed E-state index contributed by atoms with van der Waals surface area (Å²) in [6.45, 7) is 1.26. The lowest BCUT2D eigenvalue weighted by Gasteiger charge is -2.24. The normalized spacial score (nSPS) is 11.4. The van der Waals surface area contributed by atoms with Crippen molar-refractivity contribution in [2.24, 2.45) is 0 Å². The molecule has 21 heavy (non-hydrogen) atoms. The fourth-order valence-corrected chi connectivity index (χ4v) is 1.72. The van der Waals surface area contributed by atoms with Crippen molar-refractivity contribution in [2.75, 3.05) is 26.3 Å². The topological polar surface area (TPSA) is 66.8 Å². The first kappa shape index (κ1) is 19.7. The van der Waals surface area contributed by atoms with Crippen LogP contribution in [0.5, 0.6) is 0 Å². The van der Waals surface area contributed by atoms with E-state index in [1.807, 2.05) is 0 Å². The van der Waals surface area contributed by atoms with Crippen LogP contribution in [-0.4, -0.2) is 54.4 Å². The highest BCUT2D eigenvalue weighted by molar-refractivity contribution is 5.76. The number of carbonyl (C=O) groups excluding carboxylic acids is 1. The summed E-state index contributed by atoms with van der Waals surface area (Å²) in [7, 11) is 0. The molecule has 124 valence electrons. The molecule has 0 saturated heterocycles. The second-order valence-corrected chi connectivity index (χ2v) is 4.58. The van der Waals surface area contributed by atoms with Crippen molar-refractivity contribution in [1.29, 1.82) is 0 Å². The zero-order valence-electron chi connectivity index (χ0n) is 12.1. The first-order chi connectivity index (χ1) is 9.76. The van der Waals surface area contributed by atoms with Gasteiger partial charge < -0.3 is 14.7 Å². The van der Waals surface area contributed by atoms with E-state index in [1.165, 1.54) is 0 Å². The standard InChI is InChI=1S/C13H22F3NO4/c1-2-21-9-5-8-17(10-13(14,15)16)11(18)6-3-4-7-12(19)20/h2-10H2,1H3,(H,19,20). The molecule has 5 nitrogen and oxygen atoms in total. The molecule has 0 aromatic rings. The molecular weight excluding hydrogens is 291 g/mol. The monoisotopic (exact) mass is 313 g/mol. The number of hydrogen-bond donors (Lipinski definition) is 1. The van der Waals surface area contributed by atoms with Gasteiger partial charge in [-0.2, -0.15) is 13.2 Å². The van der Waals surface area contributed by atoms with Crippen LogP contribution in [-0.2, 0) is 14.3 Å². The fourth-order valence-electron chi connectivity index (χ4n) is 1.72. The van der Waals surface area contributed by atoms with Gasteiger partial charge in [0.05, 0.1) is 0 Å². The summed E-state index contributed by atoms with van der Waals surface area (Å²) in [5, 5.41) is 8.45. The molecule has 0 aromatic carbocycles. The summed E-state index contributed by atoms with van der Waals surface area (Å²) < 4.78 is 42.3. The Morgan fingerprint density at radius 1 is 1.14 bits per heavy atom. The first-order valence-electron chi connectivity index (χ1n) is 6.90. The largest absolute Gasteiger partial charge is 0.481 e. The predicted molar refractivity (Wildman–Crippen MR) is 69.8 cm³/mol. The maximum absolute atomic E-state index is 12.4. The van der Waals surface area contributed by atoms with E-state index in [9.17, 15) is 22.8 Å². The summed E-state index contributed by atoms with van der Waals surface area (Å²) >= 11 is 0. The number of nitrogens with zero attached hydrogens (tertiary/aromatic N) is 1. The molecular formula is C13H22F3NO4. The third-order valence-electron chi connectivity index (χ3n) is 2.67. The second-order valence-electron chi connectivity index (χ2n) is 4.58. The van der Waals surface area contributed by atoms with Crippen LogP contribution in [0.4, 0.5) is 13.2 Å². The minimum atomic E-state index is -4.44. The number of ether oxygens (including phenoxy) is 1. The molecule has 8 heteroatoms. The van der Waals surface area contributed by atoms with E-state index in [-0.39, 0.29) is 32.2 Å². The maximum Gasteiger partial charge on any atom is 0.406 e. The van der Waals surface area contributed by atoms with Crippen LogP contribution >= 0.6 is 0 Å². The average Bonchev–Trinajstić information content (AvgIpc) is 2.36. The van der Waals surface area contributed by atoms with Crippen LogP contribution in [0.2, 0.25) is 0 Å². The molecule has 1 N–H and O–H groups in total. The van der Waals surface area contributed by atoms with E-state index in [4.69, 9.17) is 9.84 Å². The molecule has 0 bridgehead atoms. The van der Waals surface area contributed by atoms with Crippen molar-refractivity contribution in [3.8, 4) is 0 Å². The quantitative estimate of drug-likeness (QED) is 0.595. The van der Waals surface area contributed by atoms with Crippen LogP contribution < -0.4 is 0 Å². The highest BCUT2D eigenvalue weighted by Crippen LogP contribution is 2.18. The summed E-state index contributed by atoms with van der Waals surface area (Å²) in [4.78, 5) is 22.8. The number of carbonyl (C=O) groups is 2. The third kappa shape index (κ3) is 12.2. The Bertz CT molecular complexity index is 321. The van der Waals surface area contributed by atoms with E-state index < -0.39 is 24.6 Å². The van der Waals surface area contributed by atoms with Gasteiger partial charge in [0, 0.05) is 32.6 Å². The van der Waals surface area contributed by atoms with E-state index >= 15 is 0 Å². The number of aliphatic carboxylic acids is 1. The molecule has 1 amide bonds. The Balaban J connectivity index is 4.21. The molecule has 0 aliphatic carbocycles. The number of rotatable bonds is 11. The third-order valence-corrected chi connectivity index (χ3v) is 2.67. The molecule has 0 fully saturated rings. The average molecular weight is 313 g/mol. The number of carboxylic acid groups (broad SMARTS) is 1. The SMILES string of the molecule is CCOCCCN(CC(F)(F)F)C(=O)CCCCC(=O)O. The lowest BCUT2D eigenvalue weighted by Crippen LogP contribution is -2.39. The summed E-state index contributed by atoms with van der Waals surface area (Å²) in [6, 6.07) is 0. The number of halogens is 3. The zero-order valence-corrected chi connectivity index (χ0v) is 12.1. The zero-order chi connectivity index (χ0) is 16.3. The molecule has 0 saturated carbocycles. The first-order valence-corrected chi connectivity index (χ1v) is 6.90. The molecule has 0 atom stereocenters. The minimum Gasteiger partial charge on any atom is -0.481 e. The van der Waals surface area contributed by atoms with Crippen LogP contribution in [0.15, 0.2) is 0 Å². The Kier molecular flexibility index (Phi) is 9.77. The van der Waals surface area contributed by atoms with Gasteiger partial charge in [0.2, 0.25) is 5.91 Å². The number of unbranched alkanes of at least 4 members (excludes halogenated alkanes) is 1. The fraction of sp³-hybridized carbons (Fsp3) is 0.846.